The zero-order valence-corrected chi connectivity index (χ0v) is 11.4. The summed E-state index contributed by atoms with van der Waals surface area (Å²) in [6.45, 7) is 2.60. The van der Waals surface area contributed by atoms with Crippen LogP contribution in [0.2, 0.25) is 0 Å². The van der Waals surface area contributed by atoms with Crippen LogP contribution in [0.3, 0.4) is 0 Å². The summed E-state index contributed by atoms with van der Waals surface area (Å²) in [7, 11) is 0. The summed E-state index contributed by atoms with van der Waals surface area (Å²) in [6, 6.07) is 2.81. The van der Waals surface area contributed by atoms with Crippen LogP contribution in [-0.4, -0.2) is 29.6 Å². The van der Waals surface area contributed by atoms with Crippen molar-refractivity contribution in [1.29, 1.82) is 0 Å². The van der Waals surface area contributed by atoms with E-state index in [1.807, 2.05) is 6.92 Å². The van der Waals surface area contributed by atoms with Gasteiger partial charge in [0.1, 0.15) is 0 Å². The number of nitrogens with one attached hydrogen (secondary N) is 2. The van der Waals surface area contributed by atoms with Crippen LogP contribution in [0.15, 0.2) is 17.2 Å². The molecule has 0 radical (unpaired) electrons. The highest BCUT2D eigenvalue weighted by Gasteiger charge is 2.22. The van der Waals surface area contributed by atoms with Crippen molar-refractivity contribution in [3.8, 4) is 11.5 Å². The Morgan fingerprint density at radius 3 is 2.90 bits per heavy atom. The average Bonchev–Trinajstić information content (AvgIpc) is 2.85. The summed E-state index contributed by atoms with van der Waals surface area (Å²) in [5, 5.41) is 18.0. The zero-order chi connectivity index (χ0) is 14.5. The molecule has 8 nitrogen and oxygen atoms in total. The summed E-state index contributed by atoms with van der Waals surface area (Å²) in [5.41, 5.74) is 2.74. The van der Waals surface area contributed by atoms with Crippen LogP contribution < -0.4 is 20.2 Å². The SMILES string of the molecule is CCNC(=S)N/N=C\c1cc2c(cc1[N+](=O)[O-])OCO2. The fraction of sp³-hybridized carbons (Fsp3) is 0.273. The van der Waals surface area contributed by atoms with Gasteiger partial charge in [-0.3, -0.25) is 15.5 Å². The molecule has 1 aromatic rings. The second kappa shape index (κ2) is 6.15. The van der Waals surface area contributed by atoms with Crippen molar-refractivity contribution in [3.05, 3.63) is 27.8 Å². The first-order valence-electron chi connectivity index (χ1n) is 5.76. The number of benzene rings is 1. The van der Waals surface area contributed by atoms with E-state index in [9.17, 15) is 10.1 Å². The monoisotopic (exact) mass is 296 g/mol. The van der Waals surface area contributed by atoms with Crippen LogP contribution in [0, 0.1) is 10.1 Å². The Hall–Kier alpha value is -2.42. The van der Waals surface area contributed by atoms with E-state index in [-0.39, 0.29) is 12.5 Å². The quantitative estimate of drug-likeness (QED) is 0.372. The highest BCUT2D eigenvalue weighted by atomic mass is 32.1. The minimum absolute atomic E-state index is 0.0514. The number of hydrazone groups is 1. The first-order chi connectivity index (χ1) is 9.61. The van der Waals surface area contributed by atoms with Crippen LogP contribution in [0.25, 0.3) is 0 Å². The van der Waals surface area contributed by atoms with Crippen LogP contribution in [0.4, 0.5) is 5.69 Å². The lowest BCUT2D eigenvalue weighted by molar-refractivity contribution is -0.385. The lowest BCUT2D eigenvalue weighted by Crippen LogP contribution is -2.31. The second-order valence-corrected chi connectivity index (χ2v) is 4.16. The highest BCUT2D eigenvalue weighted by molar-refractivity contribution is 7.80. The fourth-order valence-electron chi connectivity index (χ4n) is 1.57. The van der Waals surface area contributed by atoms with Gasteiger partial charge in [0.2, 0.25) is 6.79 Å². The van der Waals surface area contributed by atoms with E-state index in [4.69, 9.17) is 21.7 Å². The first-order valence-corrected chi connectivity index (χ1v) is 6.17. The summed E-state index contributed by atoms with van der Waals surface area (Å²) in [4.78, 5) is 10.5. The van der Waals surface area contributed by atoms with Gasteiger partial charge >= 0.3 is 0 Å². The minimum atomic E-state index is -0.508. The molecule has 1 heterocycles. The molecule has 106 valence electrons. The lowest BCUT2D eigenvalue weighted by atomic mass is 10.1. The normalized spacial score (nSPS) is 12.4. The molecule has 0 aliphatic carbocycles. The van der Waals surface area contributed by atoms with Gasteiger partial charge in [0.15, 0.2) is 16.6 Å². The molecule has 0 atom stereocenters. The number of ether oxygens (including phenoxy) is 2. The smallest absolute Gasteiger partial charge is 0.282 e. The van der Waals surface area contributed by atoms with Crippen molar-refractivity contribution in [2.45, 2.75) is 6.92 Å². The number of nitro benzene ring substituents is 1. The Labute approximate surface area is 119 Å². The predicted molar refractivity (Wildman–Crippen MR) is 76.2 cm³/mol. The molecule has 0 bridgehead atoms. The number of hydrogen-bond donors (Lipinski definition) is 2. The topological polar surface area (TPSA) is 98.0 Å². The van der Waals surface area contributed by atoms with Crippen LogP contribution in [0.1, 0.15) is 12.5 Å². The Balaban J connectivity index is 2.20. The van der Waals surface area contributed by atoms with Crippen molar-refractivity contribution < 1.29 is 14.4 Å². The van der Waals surface area contributed by atoms with Gasteiger partial charge in [-0.2, -0.15) is 5.10 Å². The minimum Gasteiger partial charge on any atom is -0.454 e. The van der Waals surface area contributed by atoms with Gasteiger partial charge in [-0.1, -0.05) is 0 Å². The molecule has 2 N–H and O–H groups in total. The molecular weight excluding hydrogens is 284 g/mol. The van der Waals surface area contributed by atoms with Gasteiger partial charge in [0.25, 0.3) is 5.69 Å². The Morgan fingerprint density at radius 1 is 1.55 bits per heavy atom. The van der Waals surface area contributed by atoms with Gasteiger partial charge in [-0.15, -0.1) is 0 Å². The molecule has 2 rings (SSSR count). The molecule has 1 aliphatic rings. The third-order valence-corrected chi connectivity index (χ3v) is 2.66. The van der Waals surface area contributed by atoms with Gasteiger partial charge in [-0.05, 0) is 25.2 Å². The van der Waals surface area contributed by atoms with Crippen molar-refractivity contribution in [2.24, 2.45) is 5.10 Å². The maximum atomic E-state index is 11.0. The molecule has 0 fully saturated rings. The summed E-state index contributed by atoms with van der Waals surface area (Å²) in [6.07, 6.45) is 1.31. The summed E-state index contributed by atoms with van der Waals surface area (Å²) >= 11 is 4.92. The number of rotatable bonds is 4. The average molecular weight is 296 g/mol. The first kappa shape index (κ1) is 14.0. The number of nitrogens with zero attached hydrogens (tertiary/aromatic N) is 2. The van der Waals surface area contributed by atoms with Crippen molar-refractivity contribution in [3.63, 3.8) is 0 Å². The Bertz CT molecular complexity index is 576. The van der Waals surface area contributed by atoms with Crippen LogP contribution in [0.5, 0.6) is 11.5 Å². The van der Waals surface area contributed by atoms with Crippen molar-refractivity contribution >= 4 is 29.2 Å². The molecule has 0 unspecified atom stereocenters. The second-order valence-electron chi connectivity index (χ2n) is 3.75. The molecular formula is C11H12N4O4S. The predicted octanol–water partition coefficient (Wildman–Crippen LogP) is 1.14. The maximum absolute atomic E-state index is 11.0. The molecule has 0 saturated carbocycles. The molecule has 0 saturated heterocycles. The molecule has 0 aromatic heterocycles. The third-order valence-electron chi connectivity index (χ3n) is 2.43. The number of hydrogen-bond acceptors (Lipinski definition) is 6. The van der Waals surface area contributed by atoms with Crippen molar-refractivity contribution in [2.75, 3.05) is 13.3 Å². The number of thiocarbonyl (C=S) groups is 1. The Kier molecular flexibility index (Phi) is 4.31. The van der Waals surface area contributed by atoms with E-state index >= 15 is 0 Å². The molecule has 20 heavy (non-hydrogen) atoms. The van der Waals surface area contributed by atoms with E-state index in [0.717, 1.165) is 0 Å². The highest BCUT2D eigenvalue weighted by Crippen LogP contribution is 2.37. The van der Waals surface area contributed by atoms with E-state index in [1.165, 1.54) is 18.3 Å². The van der Waals surface area contributed by atoms with E-state index in [0.29, 0.717) is 28.7 Å². The van der Waals surface area contributed by atoms with Gasteiger partial charge in [0.05, 0.1) is 22.8 Å². The fourth-order valence-corrected chi connectivity index (χ4v) is 1.77. The lowest BCUT2D eigenvalue weighted by Gasteiger charge is -2.03. The van der Waals surface area contributed by atoms with Gasteiger partial charge < -0.3 is 14.8 Å². The molecule has 1 aromatic carbocycles. The number of nitro groups is 1. The maximum Gasteiger partial charge on any atom is 0.282 e. The van der Waals surface area contributed by atoms with Crippen LogP contribution >= 0.6 is 12.2 Å². The molecule has 9 heteroatoms. The summed E-state index contributed by atoms with van der Waals surface area (Å²) < 4.78 is 10.3. The largest absolute Gasteiger partial charge is 0.454 e. The van der Waals surface area contributed by atoms with Crippen molar-refractivity contribution in [1.82, 2.24) is 10.7 Å². The zero-order valence-electron chi connectivity index (χ0n) is 10.6. The standard InChI is InChI=1S/C11H12N4O4S/c1-2-12-11(20)14-13-5-7-3-9-10(19-6-18-9)4-8(7)15(16)17/h3-5H,2,6H2,1H3,(H2,12,14,20)/b13-5-. The summed E-state index contributed by atoms with van der Waals surface area (Å²) in [5.74, 6) is 0.802. The van der Waals surface area contributed by atoms with Gasteiger partial charge in [-0.25, -0.2) is 0 Å². The van der Waals surface area contributed by atoms with E-state index in [1.54, 1.807) is 0 Å². The molecule has 1 aliphatic heterocycles. The van der Waals surface area contributed by atoms with E-state index < -0.39 is 4.92 Å². The molecule has 0 spiro atoms. The van der Waals surface area contributed by atoms with E-state index in [2.05, 4.69) is 15.8 Å². The number of fused-ring (bicyclic) bond motifs is 1. The molecule has 0 amide bonds. The third kappa shape index (κ3) is 3.12. The van der Waals surface area contributed by atoms with Crippen LogP contribution in [-0.2, 0) is 0 Å². The Morgan fingerprint density at radius 2 is 2.25 bits per heavy atom. The van der Waals surface area contributed by atoms with Gasteiger partial charge in [0, 0.05) is 6.54 Å².